The molecule has 2 aliphatic heterocycles. The van der Waals surface area contributed by atoms with Crippen LogP contribution in [0.5, 0.6) is 0 Å². The fourth-order valence-corrected chi connectivity index (χ4v) is 3.96. The number of carbonyl (C=O) groups is 2. The second-order valence-electron chi connectivity index (χ2n) is 7.63. The Bertz CT molecular complexity index is 929. The topological polar surface area (TPSA) is 84.9 Å². The molecule has 0 aliphatic carbocycles. The average Bonchev–Trinajstić information content (AvgIpc) is 2.83. The Morgan fingerprint density at radius 1 is 1.06 bits per heavy atom. The summed E-state index contributed by atoms with van der Waals surface area (Å²) in [5.74, 6) is 1.22. The van der Waals surface area contributed by atoms with Crippen molar-refractivity contribution in [1.82, 2.24) is 14.9 Å². The van der Waals surface area contributed by atoms with E-state index in [0.29, 0.717) is 45.2 Å². The Morgan fingerprint density at radius 2 is 1.84 bits per heavy atom. The molecule has 0 atom stereocenters. The highest BCUT2D eigenvalue weighted by molar-refractivity contribution is 5.81. The second kappa shape index (κ2) is 9.87. The molecule has 1 amide bonds. The van der Waals surface area contributed by atoms with E-state index in [0.717, 1.165) is 35.7 Å². The highest BCUT2D eigenvalue weighted by Crippen LogP contribution is 2.30. The van der Waals surface area contributed by atoms with E-state index in [1.54, 1.807) is 11.8 Å². The number of carbonyl (C=O) groups excluding carboxylic acids is 2. The van der Waals surface area contributed by atoms with Crippen LogP contribution in [0.1, 0.15) is 31.0 Å². The maximum absolute atomic E-state index is 12.7. The van der Waals surface area contributed by atoms with Crippen molar-refractivity contribution >= 4 is 17.7 Å². The monoisotopic (exact) mass is 424 g/mol. The fraction of sp³-hybridized carbons (Fsp3) is 0.478. The molecule has 1 fully saturated rings. The summed E-state index contributed by atoms with van der Waals surface area (Å²) in [5, 5.41) is 0. The molecule has 8 nitrogen and oxygen atoms in total. The molecule has 0 unspecified atom stereocenters. The number of amides is 1. The van der Waals surface area contributed by atoms with Crippen molar-refractivity contribution in [2.75, 3.05) is 44.4 Å². The van der Waals surface area contributed by atoms with E-state index in [1.165, 1.54) is 0 Å². The zero-order valence-corrected chi connectivity index (χ0v) is 17.9. The third-order valence-corrected chi connectivity index (χ3v) is 5.58. The lowest BCUT2D eigenvalue weighted by Crippen LogP contribution is -2.41. The predicted molar refractivity (Wildman–Crippen MR) is 115 cm³/mol. The molecular formula is C23H28N4O4. The van der Waals surface area contributed by atoms with Crippen LogP contribution in [0.25, 0.3) is 11.4 Å². The molecule has 0 N–H and O–H groups in total. The summed E-state index contributed by atoms with van der Waals surface area (Å²) in [5.41, 5.74) is 2.97. The number of morpholine rings is 1. The van der Waals surface area contributed by atoms with E-state index in [-0.39, 0.29) is 24.7 Å². The number of nitrogens with zero attached hydrogens (tertiary/aromatic N) is 4. The van der Waals surface area contributed by atoms with E-state index in [2.05, 4.69) is 4.90 Å². The van der Waals surface area contributed by atoms with Crippen LogP contribution in [0, 0.1) is 0 Å². The summed E-state index contributed by atoms with van der Waals surface area (Å²) in [6, 6.07) is 9.97. The molecule has 0 spiro atoms. The number of benzene rings is 1. The zero-order chi connectivity index (χ0) is 21.6. The van der Waals surface area contributed by atoms with Gasteiger partial charge in [-0.2, -0.15) is 0 Å². The van der Waals surface area contributed by atoms with Crippen molar-refractivity contribution in [3.05, 3.63) is 41.6 Å². The lowest BCUT2D eigenvalue weighted by atomic mass is 10.0. The number of ether oxygens (including phenoxy) is 2. The van der Waals surface area contributed by atoms with Crippen molar-refractivity contribution in [2.45, 2.75) is 32.7 Å². The first-order chi connectivity index (χ1) is 15.2. The predicted octanol–water partition coefficient (Wildman–Crippen LogP) is 2.21. The SMILES string of the molecule is CCOC(=O)CCC(=O)N1CCc2nc(-c3ccccc3)nc(N3CCOCC3)c2C1. The molecule has 0 bridgehead atoms. The summed E-state index contributed by atoms with van der Waals surface area (Å²) in [6.45, 7) is 5.96. The number of fused-ring (bicyclic) bond motifs is 1. The van der Waals surface area contributed by atoms with Gasteiger partial charge in [-0.05, 0) is 6.92 Å². The van der Waals surface area contributed by atoms with Gasteiger partial charge in [0.25, 0.3) is 0 Å². The Morgan fingerprint density at radius 3 is 2.58 bits per heavy atom. The van der Waals surface area contributed by atoms with Gasteiger partial charge in [-0.25, -0.2) is 9.97 Å². The van der Waals surface area contributed by atoms with E-state index in [4.69, 9.17) is 19.4 Å². The van der Waals surface area contributed by atoms with Crippen LogP contribution in [0.2, 0.25) is 0 Å². The molecule has 1 aromatic carbocycles. The van der Waals surface area contributed by atoms with Crippen molar-refractivity contribution < 1.29 is 19.1 Å². The Balaban J connectivity index is 1.59. The van der Waals surface area contributed by atoms with Gasteiger partial charge >= 0.3 is 5.97 Å². The smallest absolute Gasteiger partial charge is 0.306 e. The largest absolute Gasteiger partial charge is 0.466 e. The van der Waals surface area contributed by atoms with Gasteiger partial charge in [0.2, 0.25) is 5.91 Å². The molecule has 164 valence electrons. The van der Waals surface area contributed by atoms with Crippen molar-refractivity contribution in [3.8, 4) is 11.4 Å². The van der Waals surface area contributed by atoms with Gasteiger partial charge in [0.15, 0.2) is 5.82 Å². The summed E-state index contributed by atoms with van der Waals surface area (Å²) in [6.07, 6.45) is 0.931. The van der Waals surface area contributed by atoms with E-state index in [1.807, 2.05) is 30.3 Å². The Kier molecular flexibility index (Phi) is 6.76. The molecule has 2 aromatic rings. The van der Waals surface area contributed by atoms with Crippen LogP contribution in [-0.4, -0.2) is 66.2 Å². The minimum absolute atomic E-state index is 0.0428. The second-order valence-corrected chi connectivity index (χ2v) is 7.63. The average molecular weight is 425 g/mol. The minimum Gasteiger partial charge on any atom is -0.466 e. The number of rotatable bonds is 6. The minimum atomic E-state index is -0.335. The van der Waals surface area contributed by atoms with Gasteiger partial charge in [0.1, 0.15) is 5.82 Å². The van der Waals surface area contributed by atoms with Gasteiger partial charge in [-0.15, -0.1) is 0 Å². The summed E-state index contributed by atoms with van der Waals surface area (Å²) >= 11 is 0. The first kappa shape index (κ1) is 21.2. The van der Waals surface area contributed by atoms with Gasteiger partial charge in [-0.1, -0.05) is 30.3 Å². The number of anilines is 1. The zero-order valence-electron chi connectivity index (χ0n) is 17.9. The summed E-state index contributed by atoms with van der Waals surface area (Å²) in [4.78, 5) is 38.2. The van der Waals surface area contributed by atoms with Crippen LogP contribution in [0.15, 0.2) is 30.3 Å². The first-order valence-corrected chi connectivity index (χ1v) is 10.9. The van der Waals surface area contributed by atoms with E-state index < -0.39 is 0 Å². The maximum Gasteiger partial charge on any atom is 0.306 e. The third kappa shape index (κ3) is 5.02. The summed E-state index contributed by atoms with van der Waals surface area (Å²) < 4.78 is 10.5. The Labute approximate surface area is 182 Å². The van der Waals surface area contributed by atoms with Crippen molar-refractivity contribution in [2.24, 2.45) is 0 Å². The van der Waals surface area contributed by atoms with Crippen LogP contribution in [0.3, 0.4) is 0 Å². The number of esters is 1. The van der Waals surface area contributed by atoms with Crippen LogP contribution >= 0.6 is 0 Å². The number of hydrogen-bond acceptors (Lipinski definition) is 7. The lowest BCUT2D eigenvalue weighted by molar-refractivity contribution is -0.145. The van der Waals surface area contributed by atoms with Crippen LogP contribution in [-0.2, 0) is 32.0 Å². The number of hydrogen-bond donors (Lipinski definition) is 0. The number of aromatic nitrogens is 2. The fourth-order valence-electron chi connectivity index (χ4n) is 3.96. The molecular weight excluding hydrogens is 396 g/mol. The molecule has 3 heterocycles. The Hall–Kier alpha value is -3.00. The van der Waals surface area contributed by atoms with Crippen LogP contribution < -0.4 is 4.90 Å². The maximum atomic E-state index is 12.7. The van der Waals surface area contributed by atoms with Crippen molar-refractivity contribution in [1.29, 1.82) is 0 Å². The molecule has 0 radical (unpaired) electrons. The molecule has 0 saturated carbocycles. The normalized spacial score (nSPS) is 16.0. The standard InChI is InChI=1S/C23H28N4O4/c1-2-31-21(29)9-8-20(28)27-11-10-19-18(16-27)23(26-12-14-30-15-13-26)25-22(24-19)17-6-4-3-5-7-17/h3-7H,2,8-16H2,1H3. The van der Waals surface area contributed by atoms with E-state index >= 15 is 0 Å². The third-order valence-electron chi connectivity index (χ3n) is 5.58. The van der Waals surface area contributed by atoms with Crippen LogP contribution in [0.4, 0.5) is 5.82 Å². The highest BCUT2D eigenvalue weighted by atomic mass is 16.5. The van der Waals surface area contributed by atoms with Gasteiger partial charge in [-0.3, -0.25) is 9.59 Å². The van der Waals surface area contributed by atoms with Gasteiger partial charge < -0.3 is 19.3 Å². The molecule has 1 saturated heterocycles. The highest BCUT2D eigenvalue weighted by Gasteiger charge is 2.28. The summed E-state index contributed by atoms with van der Waals surface area (Å²) in [7, 11) is 0. The molecule has 1 aromatic heterocycles. The molecule has 4 rings (SSSR count). The van der Waals surface area contributed by atoms with Crippen molar-refractivity contribution in [3.63, 3.8) is 0 Å². The molecule has 2 aliphatic rings. The lowest BCUT2D eigenvalue weighted by Gasteiger charge is -2.34. The molecule has 8 heteroatoms. The van der Waals surface area contributed by atoms with Gasteiger partial charge in [0.05, 0.1) is 38.5 Å². The first-order valence-electron chi connectivity index (χ1n) is 10.9. The van der Waals surface area contributed by atoms with Gasteiger partial charge in [0, 0.05) is 43.6 Å². The van der Waals surface area contributed by atoms with E-state index in [9.17, 15) is 9.59 Å². The quantitative estimate of drug-likeness (QED) is 0.657. The molecule has 31 heavy (non-hydrogen) atoms.